The van der Waals surface area contributed by atoms with Gasteiger partial charge in [-0.15, -0.1) is 12.4 Å². The van der Waals surface area contributed by atoms with E-state index in [1.807, 2.05) is 40.9 Å². The van der Waals surface area contributed by atoms with Crippen LogP contribution in [-0.2, 0) is 22.7 Å². The first-order valence-electron chi connectivity index (χ1n) is 8.65. The molecule has 1 unspecified atom stereocenters. The van der Waals surface area contributed by atoms with Crippen LogP contribution >= 0.6 is 24.2 Å². The smallest absolute Gasteiger partial charge is 0.222 e. The fraction of sp³-hybridized carbons (Fsp3) is 0.556. The fourth-order valence-electron chi connectivity index (χ4n) is 3.20. The molecule has 0 aliphatic carbocycles. The van der Waals surface area contributed by atoms with Gasteiger partial charge in [0.05, 0.1) is 0 Å². The van der Waals surface area contributed by atoms with Crippen molar-refractivity contribution in [2.24, 2.45) is 0 Å². The van der Waals surface area contributed by atoms with Crippen molar-refractivity contribution in [2.75, 3.05) is 24.6 Å². The van der Waals surface area contributed by atoms with Crippen LogP contribution < -0.4 is 10.6 Å². The number of rotatable bonds is 6. The van der Waals surface area contributed by atoms with Crippen molar-refractivity contribution in [1.82, 2.24) is 15.5 Å². The molecule has 2 N–H and O–H groups in total. The molecule has 5 nitrogen and oxygen atoms in total. The van der Waals surface area contributed by atoms with Gasteiger partial charge in [0.15, 0.2) is 0 Å². The van der Waals surface area contributed by atoms with Gasteiger partial charge in [-0.2, -0.15) is 11.8 Å². The number of halogens is 1. The maximum Gasteiger partial charge on any atom is 0.222 e. The van der Waals surface area contributed by atoms with Crippen LogP contribution in [0.5, 0.6) is 0 Å². The lowest BCUT2D eigenvalue weighted by atomic mass is 10.1. The molecule has 7 heteroatoms. The van der Waals surface area contributed by atoms with E-state index in [-0.39, 0.29) is 30.3 Å². The van der Waals surface area contributed by atoms with Crippen molar-refractivity contribution in [1.29, 1.82) is 0 Å². The second-order valence-electron chi connectivity index (χ2n) is 6.39. The van der Waals surface area contributed by atoms with Crippen molar-refractivity contribution < 1.29 is 9.59 Å². The van der Waals surface area contributed by atoms with Gasteiger partial charge < -0.3 is 15.5 Å². The van der Waals surface area contributed by atoms with E-state index in [0.717, 1.165) is 42.1 Å². The van der Waals surface area contributed by atoms with E-state index in [4.69, 9.17) is 0 Å². The molecule has 1 aromatic rings. The van der Waals surface area contributed by atoms with E-state index in [1.54, 1.807) is 0 Å². The summed E-state index contributed by atoms with van der Waals surface area (Å²) in [6.45, 7) is 2.99. The molecular formula is C18H26ClN3O2S. The molecule has 0 bridgehead atoms. The van der Waals surface area contributed by atoms with Gasteiger partial charge in [-0.1, -0.05) is 24.3 Å². The second kappa shape index (κ2) is 10.0. The molecule has 2 heterocycles. The number of nitrogens with one attached hydrogen (secondary N) is 2. The van der Waals surface area contributed by atoms with Gasteiger partial charge in [-0.25, -0.2) is 0 Å². The topological polar surface area (TPSA) is 61.4 Å². The number of thioether (sulfide) groups is 1. The Morgan fingerprint density at radius 1 is 1.32 bits per heavy atom. The van der Waals surface area contributed by atoms with E-state index < -0.39 is 0 Å². The van der Waals surface area contributed by atoms with Crippen LogP contribution in [-0.4, -0.2) is 47.4 Å². The molecule has 1 atom stereocenters. The third-order valence-electron chi connectivity index (χ3n) is 4.56. The van der Waals surface area contributed by atoms with Gasteiger partial charge in [0.2, 0.25) is 11.8 Å². The Morgan fingerprint density at radius 2 is 2.12 bits per heavy atom. The molecular weight excluding hydrogens is 358 g/mol. The van der Waals surface area contributed by atoms with Crippen LogP contribution in [0.3, 0.4) is 0 Å². The van der Waals surface area contributed by atoms with Crippen molar-refractivity contribution in [3.8, 4) is 0 Å². The van der Waals surface area contributed by atoms with Crippen molar-refractivity contribution in [3.05, 3.63) is 35.4 Å². The zero-order valence-electron chi connectivity index (χ0n) is 14.3. The number of hydrogen-bond donors (Lipinski definition) is 2. The monoisotopic (exact) mass is 383 g/mol. The maximum absolute atomic E-state index is 12.2. The number of carbonyl (C=O) groups is 2. The Hall–Kier alpha value is -1.24. The van der Waals surface area contributed by atoms with Gasteiger partial charge in [0.1, 0.15) is 0 Å². The van der Waals surface area contributed by atoms with Crippen LogP contribution in [0.25, 0.3) is 0 Å². The molecule has 25 heavy (non-hydrogen) atoms. The Kier molecular flexibility index (Phi) is 8.06. The van der Waals surface area contributed by atoms with E-state index in [9.17, 15) is 9.59 Å². The highest BCUT2D eigenvalue weighted by atomic mass is 35.5. The largest absolute Gasteiger partial charge is 0.352 e. The Bertz CT molecular complexity index is 593. The molecule has 0 saturated carbocycles. The van der Waals surface area contributed by atoms with Crippen LogP contribution in [0.1, 0.15) is 30.4 Å². The summed E-state index contributed by atoms with van der Waals surface area (Å²) >= 11 is 1.90. The lowest BCUT2D eigenvalue weighted by Gasteiger charge is -2.22. The average Bonchev–Trinajstić information content (AvgIpc) is 3.00. The lowest BCUT2D eigenvalue weighted by molar-refractivity contribution is -0.128. The van der Waals surface area contributed by atoms with Crippen molar-refractivity contribution in [3.63, 3.8) is 0 Å². The first-order chi connectivity index (χ1) is 11.7. The quantitative estimate of drug-likeness (QED) is 0.788. The molecule has 2 fully saturated rings. The minimum Gasteiger partial charge on any atom is -0.352 e. The van der Waals surface area contributed by atoms with E-state index in [1.165, 1.54) is 0 Å². The Labute approximate surface area is 159 Å². The minimum absolute atomic E-state index is 0. The van der Waals surface area contributed by atoms with Gasteiger partial charge in [-0.05, 0) is 17.5 Å². The fourth-order valence-corrected chi connectivity index (χ4v) is 4.15. The SMILES string of the molecule is Cl.O=C(CC1CSCCN1)NCc1ccccc1CN1CCCC1=O. The lowest BCUT2D eigenvalue weighted by Crippen LogP contribution is -2.41. The Morgan fingerprint density at radius 3 is 2.80 bits per heavy atom. The highest BCUT2D eigenvalue weighted by Gasteiger charge is 2.21. The van der Waals surface area contributed by atoms with Crippen LogP contribution in [0.2, 0.25) is 0 Å². The van der Waals surface area contributed by atoms with Gasteiger partial charge >= 0.3 is 0 Å². The molecule has 0 radical (unpaired) electrons. The predicted molar refractivity (Wildman–Crippen MR) is 104 cm³/mol. The average molecular weight is 384 g/mol. The second-order valence-corrected chi connectivity index (χ2v) is 7.54. The van der Waals surface area contributed by atoms with Crippen LogP contribution in [0.4, 0.5) is 0 Å². The summed E-state index contributed by atoms with van der Waals surface area (Å²) in [6.07, 6.45) is 2.13. The number of carbonyl (C=O) groups excluding carboxylic acids is 2. The molecule has 2 aliphatic heterocycles. The zero-order chi connectivity index (χ0) is 16.8. The summed E-state index contributed by atoms with van der Waals surface area (Å²) < 4.78 is 0. The molecule has 2 saturated heterocycles. The number of benzene rings is 1. The first kappa shape index (κ1) is 20.1. The maximum atomic E-state index is 12.2. The number of nitrogens with zero attached hydrogens (tertiary/aromatic N) is 1. The molecule has 1 aromatic carbocycles. The number of likely N-dealkylation sites (tertiary alicyclic amines) is 1. The van der Waals surface area contributed by atoms with E-state index in [0.29, 0.717) is 25.9 Å². The normalized spacial score (nSPS) is 20.2. The van der Waals surface area contributed by atoms with Crippen LogP contribution in [0, 0.1) is 0 Å². The molecule has 0 spiro atoms. The molecule has 2 aliphatic rings. The summed E-state index contributed by atoms with van der Waals surface area (Å²) in [5.74, 6) is 2.44. The van der Waals surface area contributed by atoms with Crippen molar-refractivity contribution in [2.45, 2.75) is 38.4 Å². The molecule has 2 amide bonds. The van der Waals surface area contributed by atoms with Gasteiger partial charge in [-0.3, -0.25) is 9.59 Å². The van der Waals surface area contributed by atoms with Gasteiger partial charge in [0.25, 0.3) is 0 Å². The van der Waals surface area contributed by atoms with Gasteiger partial charge in [0, 0.05) is 56.6 Å². The number of hydrogen-bond acceptors (Lipinski definition) is 4. The third-order valence-corrected chi connectivity index (χ3v) is 5.69. The number of amides is 2. The van der Waals surface area contributed by atoms with Crippen molar-refractivity contribution >= 4 is 36.0 Å². The highest BCUT2D eigenvalue weighted by molar-refractivity contribution is 7.99. The summed E-state index contributed by atoms with van der Waals surface area (Å²) in [7, 11) is 0. The summed E-state index contributed by atoms with van der Waals surface area (Å²) in [4.78, 5) is 25.9. The summed E-state index contributed by atoms with van der Waals surface area (Å²) in [6, 6.07) is 8.33. The molecule has 138 valence electrons. The zero-order valence-corrected chi connectivity index (χ0v) is 16.0. The first-order valence-corrected chi connectivity index (χ1v) is 9.80. The van der Waals surface area contributed by atoms with E-state index in [2.05, 4.69) is 10.6 Å². The summed E-state index contributed by atoms with van der Waals surface area (Å²) in [5.41, 5.74) is 2.22. The Balaban J connectivity index is 0.00000225. The molecule has 3 rings (SSSR count). The third kappa shape index (κ3) is 5.90. The standard InChI is InChI=1S/C18H25N3O2S.ClH/c22-17(10-16-13-24-9-7-19-16)20-11-14-4-1-2-5-15(14)12-21-8-3-6-18(21)23;/h1-2,4-5,16,19H,3,6-13H2,(H,20,22);1H. The van der Waals surface area contributed by atoms with Crippen LogP contribution in [0.15, 0.2) is 24.3 Å². The highest BCUT2D eigenvalue weighted by Crippen LogP contribution is 2.17. The molecule has 0 aromatic heterocycles. The predicted octanol–water partition coefficient (Wildman–Crippen LogP) is 1.94. The summed E-state index contributed by atoms with van der Waals surface area (Å²) in [5, 5.41) is 6.42. The van der Waals surface area contributed by atoms with E-state index >= 15 is 0 Å². The minimum atomic E-state index is 0.